The van der Waals surface area contributed by atoms with Gasteiger partial charge in [-0.25, -0.2) is 0 Å². The van der Waals surface area contributed by atoms with E-state index in [2.05, 4.69) is 24.3 Å². The van der Waals surface area contributed by atoms with Crippen LogP contribution in [0.4, 0.5) is 0 Å². The minimum absolute atomic E-state index is 0.758. The van der Waals surface area contributed by atoms with Crippen molar-refractivity contribution in [2.24, 2.45) is 5.10 Å². The minimum atomic E-state index is 0.758. The van der Waals surface area contributed by atoms with Crippen molar-refractivity contribution in [2.45, 2.75) is 45.1 Å². The molecule has 0 saturated heterocycles. The molecule has 72 valence electrons. The fourth-order valence-electron chi connectivity index (χ4n) is 2.58. The van der Waals surface area contributed by atoms with E-state index >= 15 is 0 Å². The first-order chi connectivity index (χ1) is 6.37. The van der Waals surface area contributed by atoms with E-state index in [-0.39, 0.29) is 0 Å². The molecule has 0 spiro atoms. The van der Waals surface area contributed by atoms with Crippen LogP contribution in [0.5, 0.6) is 0 Å². The molecule has 0 aromatic carbocycles. The molecule has 0 aromatic heterocycles. The first kappa shape index (κ1) is 8.95. The fourth-order valence-corrected chi connectivity index (χ4v) is 2.58. The molecule has 2 rings (SSSR count). The zero-order valence-corrected chi connectivity index (χ0v) is 8.45. The average Bonchev–Trinajstić information content (AvgIpc) is 2.69. The molecule has 1 saturated carbocycles. The zero-order valence-electron chi connectivity index (χ0n) is 8.45. The van der Waals surface area contributed by atoms with Crippen LogP contribution in [-0.4, -0.2) is 23.4 Å². The van der Waals surface area contributed by atoms with E-state index in [1.165, 1.54) is 32.1 Å². The molecule has 1 fully saturated rings. The summed E-state index contributed by atoms with van der Waals surface area (Å²) in [6.07, 6.45) is 13.2. The second-order valence-electron chi connectivity index (χ2n) is 4.10. The van der Waals surface area contributed by atoms with Crippen molar-refractivity contribution in [1.82, 2.24) is 0 Å². The van der Waals surface area contributed by atoms with Gasteiger partial charge in [0.15, 0.2) is 0 Å². The molecule has 13 heavy (non-hydrogen) atoms. The highest BCUT2D eigenvalue weighted by Gasteiger charge is 2.36. The maximum atomic E-state index is 4.61. The molecule has 2 nitrogen and oxygen atoms in total. The summed E-state index contributed by atoms with van der Waals surface area (Å²) < 4.78 is 0.875. The van der Waals surface area contributed by atoms with Crippen molar-refractivity contribution in [3.63, 3.8) is 0 Å². The van der Waals surface area contributed by atoms with Crippen LogP contribution in [-0.2, 0) is 0 Å². The molecule has 2 aliphatic rings. The number of allylic oxidation sites excluding steroid dienone is 1. The van der Waals surface area contributed by atoms with Crippen molar-refractivity contribution >= 4 is 6.21 Å². The Kier molecular flexibility index (Phi) is 2.49. The van der Waals surface area contributed by atoms with Crippen molar-refractivity contribution in [2.75, 3.05) is 6.54 Å². The lowest BCUT2D eigenvalue weighted by molar-refractivity contribution is -0.908. The maximum Gasteiger partial charge on any atom is 0.124 e. The predicted molar refractivity (Wildman–Crippen MR) is 55.3 cm³/mol. The Morgan fingerprint density at radius 1 is 1.31 bits per heavy atom. The number of nitrogens with zero attached hydrogens (tertiary/aromatic N) is 2. The molecule has 1 atom stereocenters. The molecule has 0 bridgehead atoms. The lowest BCUT2D eigenvalue weighted by Crippen LogP contribution is -2.46. The second-order valence-corrected chi connectivity index (χ2v) is 4.10. The molecule has 0 aromatic rings. The van der Waals surface area contributed by atoms with Crippen LogP contribution in [0.3, 0.4) is 0 Å². The maximum absolute atomic E-state index is 4.61. The normalized spacial score (nSPS) is 34.2. The van der Waals surface area contributed by atoms with Crippen LogP contribution in [0.2, 0.25) is 0 Å². The third kappa shape index (κ3) is 1.55. The summed E-state index contributed by atoms with van der Waals surface area (Å²) in [7, 11) is 0. The highest BCUT2D eigenvalue weighted by atomic mass is 15.6. The topological polar surface area (TPSA) is 12.4 Å². The van der Waals surface area contributed by atoms with Crippen LogP contribution in [0.1, 0.15) is 39.0 Å². The van der Waals surface area contributed by atoms with Crippen molar-refractivity contribution in [3.05, 3.63) is 12.3 Å². The van der Waals surface area contributed by atoms with Crippen LogP contribution >= 0.6 is 0 Å². The first-order valence-corrected chi connectivity index (χ1v) is 5.48. The molecule has 1 heterocycles. The van der Waals surface area contributed by atoms with Crippen molar-refractivity contribution in [3.8, 4) is 0 Å². The van der Waals surface area contributed by atoms with Gasteiger partial charge in [-0.3, -0.25) is 0 Å². The molecule has 0 N–H and O–H groups in total. The van der Waals surface area contributed by atoms with Crippen LogP contribution in [0.15, 0.2) is 17.4 Å². The summed E-state index contributed by atoms with van der Waals surface area (Å²) in [6.45, 7) is 3.35. The quantitative estimate of drug-likeness (QED) is 0.578. The van der Waals surface area contributed by atoms with Gasteiger partial charge in [-0.05, 0) is 19.8 Å². The molecular formula is C11H19N2+. The van der Waals surface area contributed by atoms with E-state index in [9.17, 15) is 0 Å². The molecule has 0 amide bonds. The van der Waals surface area contributed by atoms with Crippen LogP contribution in [0, 0.1) is 0 Å². The van der Waals surface area contributed by atoms with Gasteiger partial charge in [0, 0.05) is 18.9 Å². The summed E-state index contributed by atoms with van der Waals surface area (Å²) in [5.41, 5.74) is 0. The summed E-state index contributed by atoms with van der Waals surface area (Å²) >= 11 is 0. The van der Waals surface area contributed by atoms with Crippen LogP contribution < -0.4 is 0 Å². The van der Waals surface area contributed by atoms with Crippen molar-refractivity contribution in [1.29, 1.82) is 0 Å². The summed E-state index contributed by atoms with van der Waals surface area (Å²) in [5.74, 6) is 0. The summed E-state index contributed by atoms with van der Waals surface area (Å²) in [4.78, 5) is 0. The fraction of sp³-hybridized carbons (Fsp3) is 0.727. The largest absolute Gasteiger partial charge is 0.170 e. The number of rotatable bonds is 2. The van der Waals surface area contributed by atoms with Gasteiger partial charge < -0.3 is 0 Å². The predicted octanol–water partition coefficient (Wildman–Crippen LogP) is 2.67. The molecule has 1 aliphatic carbocycles. The van der Waals surface area contributed by atoms with E-state index in [4.69, 9.17) is 0 Å². The van der Waals surface area contributed by atoms with Gasteiger partial charge in [0.2, 0.25) is 0 Å². The van der Waals surface area contributed by atoms with E-state index in [0.717, 1.165) is 17.2 Å². The highest BCUT2D eigenvalue weighted by Crippen LogP contribution is 2.30. The SMILES string of the molecule is CC[N+]1(C2CCCCC2)C=CC=N1. The van der Waals surface area contributed by atoms with Gasteiger partial charge in [0.25, 0.3) is 0 Å². The Balaban J connectivity index is 2.11. The Bertz CT molecular complexity index is 212. The molecule has 0 radical (unpaired) electrons. The van der Waals surface area contributed by atoms with Gasteiger partial charge in [0.1, 0.15) is 18.8 Å². The third-order valence-electron chi connectivity index (χ3n) is 3.43. The number of hydrogen-bond acceptors (Lipinski definition) is 1. The minimum Gasteiger partial charge on any atom is -0.170 e. The van der Waals surface area contributed by atoms with E-state index in [0.29, 0.717) is 0 Å². The monoisotopic (exact) mass is 179 g/mol. The second kappa shape index (κ2) is 3.62. The van der Waals surface area contributed by atoms with Crippen LogP contribution in [0.25, 0.3) is 0 Å². The molecular weight excluding hydrogens is 160 g/mol. The van der Waals surface area contributed by atoms with E-state index in [1.807, 2.05) is 6.21 Å². The Morgan fingerprint density at radius 2 is 2.08 bits per heavy atom. The molecule has 1 unspecified atom stereocenters. The zero-order chi connectivity index (χ0) is 9.15. The van der Waals surface area contributed by atoms with Gasteiger partial charge in [-0.15, -0.1) is 0 Å². The number of hydrogen-bond donors (Lipinski definition) is 0. The lowest BCUT2D eigenvalue weighted by atomic mass is 9.94. The van der Waals surface area contributed by atoms with Gasteiger partial charge in [-0.2, -0.15) is 4.59 Å². The molecule has 2 heteroatoms. The molecule has 1 aliphatic heterocycles. The van der Waals surface area contributed by atoms with E-state index in [1.54, 1.807) is 0 Å². The van der Waals surface area contributed by atoms with Crippen molar-refractivity contribution < 1.29 is 4.59 Å². The number of quaternary nitrogens is 1. The Morgan fingerprint density at radius 3 is 2.62 bits per heavy atom. The standard InChI is InChI=1S/C11H19N2/c1-2-13(10-6-9-12-13)11-7-4-3-5-8-11/h6,9-11H,2-5,7-8H2,1H3/q+1. The first-order valence-electron chi connectivity index (χ1n) is 5.48. The smallest absolute Gasteiger partial charge is 0.124 e. The average molecular weight is 179 g/mol. The highest BCUT2D eigenvalue weighted by molar-refractivity contribution is 5.71. The van der Waals surface area contributed by atoms with Gasteiger partial charge in [0.05, 0.1) is 6.21 Å². The lowest BCUT2D eigenvalue weighted by Gasteiger charge is -2.35. The Hall–Kier alpha value is -0.630. The van der Waals surface area contributed by atoms with Gasteiger partial charge in [-0.1, -0.05) is 11.5 Å². The summed E-state index contributed by atoms with van der Waals surface area (Å²) in [6, 6.07) is 0.758. The van der Waals surface area contributed by atoms with Gasteiger partial charge >= 0.3 is 0 Å². The third-order valence-corrected chi connectivity index (χ3v) is 3.43. The summed E-state index contributed by atoms with van der Waals surface area (Å²) in [5, 5.41) is 4.61. The Labute approximate surface area is 80.5 Å². The van der Waals surface area contributed by atoms with E-state index < -0.39 is 0 Å².